The number of likely N-dealkylation sites (N-methyl/N-ethyl adjacent to an activating group) is 1. The molecule has 2 N–H and O–H groups in total. The molecule has 2 aromatic carbocycles. The highest BCUT2D eigenvalue weighted by atomic mass is 16.1. The van der Waals surface area contributed by atoms with Crippen LogP contribution in [0.25, 0.3) is 0 Å². The predicted octanol–water partition coefficient (Wildman–Crippen LogP) is 3.61. The SMILES string of the molecule is CC(C)c1ccccc1NCC(=O)Nc1ccc(N2CCN(C)CC2)cc1. The number of carbonyl (C=O) groups is 1. The van der Waals surface area contributed by atoms with Gasteiger partial charge in [-0.15, -0.1) is 0 Å². The van der Waals surface area contributed by atoms with Crippen molar-refractivity contribution in [1.29, 1.82) is 0 Å². The molecule has 0 aromatic heterocycles. The van der Waals surface area contributed by atoms with Crippen molar-refractivity contribution in [2.45, 2.75) is 19.8 Å². The van der Waals surface area contributed by atoms with Crippen molar-refractivity contribution in [2.24, 2.45) is 0 Å². The minimum atomic E-state index is -0.0408. The molecule has 0 unspecified atom stereocenters. The Balaban J connectivity index is 1.52. The Morgan fingerprint density at radius 2 is 1.67 bits per heavy atom. The normalized spacial score (nSPS) is 15.0. The van der Waals surface area contributed by atoms with E-state index in [1.165, 1.54) is 11.3 Å². The number of amides is 1. The average molecular weight is 367 g/mol. The fraction of sp³-hybridized carbons (Fsp3) is 0.409. The summed E-state index contributed by atoms with van der Waals surface area (Å²) in [7, 11) is 2.16. The van der Waals surface area contributed by atoms with E-state index < -0.39 is 0 Å². The van der Waals surface area contributed by atoms with Gasteiger partial charge in [0.25, 0.3) is 0 Å². The van der Waals surface area contributed by atoms with Crippen LogP contribution in [0.3, 0.4) is 0 Å². The first kappa shape index (κ1) is 19.2. The number of benzene rings is 2. The summed E-state index contributed by atoms with van der Waals surface area (Å²) in [6.45, 7) is 8.82. The summed E-state index contributed by atoms with van der Waals surface area (Å²) in [4.78, 5) is 17.0. The Bertz CT molecular complexity index is 749. The number of nitrogens with one attached hydrogen (secondary N) is 2. The largest absolute Gasteiger partial charge is 0.376 e. The number of hydrogen-bond acceptors (Lipinski definition) is 4. The van der Waals surface area contributed by atoms with Crippen LogP contribution in [-0.2, 0) is 4.79 Å². The molecule has 1 heterocycles. The van der Waals surface area contributed by atoms with E-state index in [1.807, 2.05) is 30.3 Å². The van der Waals surface area contributed by atoms with Gasteiger partial charge in [0, 0.05) is 43.2 Å². The van der Waals surface area contributed by atoms with Gasteiger partial charge in [-0.3, -0.25) is 4.79 Å². The van der Waals surface area contributed by atoms with Crippen LogP contribution >= 0.6 is 0 Å². The lowest BCUT2D eigenvalue weighted by Gasteiger charge is -2.34. The summed E-state index contributed by atoms with van der Waals surface area (Å²) < 4.78 is 0. The molecule has 3 rings (SSSR count). The summed E-state index contributed by atoms with van der Waals surface area (Å²) in [5, 5.41) is 6.23. The van der Waals surface area contributed by atoms with Crippen molar-refractivity contribution in [3.05, 3.63) is 54.1 Å². The monoisotopic (exact) mass is 366 g/mol. The second kappa shape index (κ2) is 8.91. The average Bonchev–Trinajstić information content (AvgIpc) is 2.68. The zero-order chi connectivity index (χ0) is 19.2. The maximum absolute atomic E-state index is 12.3. The second-order valence-electron chi connectivity index (χ2n) is 7.48. The van der Waals surface area contributed by atoms with Crippen molar-refractivity contribution in [1.82, 2.24) is 4.90 Å². The van der Waals surface area contributed by atoms with Crippen molar-refractivity contribution < 1.29 is 4.79 Å². The number of piperazine rings is 1. The minimum Gasteiger partial charge on any atom is -0.376 e. The fourth-order valence-corrected chi connectivity index (χ4v) is 3.36. The molecule has 1 saturated heterocycles. The van der Waals surface area contributed by atoms with E-state index in [0.717, 1.165) is 37.6 Å². The molecule has 1 aliphatic heterocycles. The van der Waals surface area contributed by atoms with Gasteiger partial charge in [0.2, 0.25) is 5.91 Å². The molecule has 0 atom stereocenters. The zero-order valence-electron chi connectivity index (χ0n) is 16.5. The highest BCUT2D eigenvalue weighted by molar-refractivity contribution is 5.94. The van der Waals surface area contributed by atoms with E-state index in [1.54, 1.807) is 0 Å². The molecule has 0 radical (unpaired) electrons. The zero-order valence-corrected chi connectivity index (χ0v) is 16.5. The van der Waals surface area contributed by atoms with Crippen LogP contribution in [0.2, 0.25) is 0 Å². The molecule has 1 aliphatic rings. The first-order valence-corrected chi connectivity index (χ1v) is 9.69. The fourth-order valence-electron chi connectivity index (χ4n) is 3.36. The summed E-state index contributed by atoms with van der Waals surface area (Å²) in [5.74, 6) is 0.375. The summed E-state index contributed by atoms with van der Waals surface area (Å²) in [6.07, 6.45) is 0. The third-order valence-corrected chi connectivity index (χ3v) is 5.04. The molecular formula is C22H30N4O. The Labute approximate surface area is 162 Å². The predicted molar refractivity (Wildman–Crippen MR) is 114 cm³/mol. The molecule has 27 heavy (non-hydrogen) atoms. The topological polar surface area (TPSA) is 47.6 Å². The molecule has 144 valence electrons. The number of carbonyl (C=O) groups excluding carboxylic acids is 1. The molecule has 0 aliphatic carbocycles. The van der Waals surface area contributed by atoms with Crippen LogP contribution in [-0.4, -0.2) is 50.6 Å². The van der Waals surface area contributed by atoms with E-state index in [9.17, 15) is 4.79 Å². The van der Waals surface area contributed by atoms with Gasteiger partial charge in [0.05, 0.1) is 6.54 Å². The molecule has 1 amide bonds. The first-order chi connectivity index (χ1) is 13.0. The van der Waals surface area contributed by atoms with Crippen LogP contribution in [0.5, 0.6) is 0 Å². The smallest absolute Gasteiger partial charge is 0.243 e. The van der Waals surface area contributed by atoms with Gasteiger partial charge in [0.15, 0.2) is 0 Å². The van der Waals surface area contributed by atoms with Gasteiger partial charge >= 0.3 is 0 Å². The van der Waals surface area contributed by atoms with Crippen LogP contribution < -0.4 is 15.5 Å². The molecule has 2 aromatic rings. The van der Waals surface area contributed by atoms with Gasteiger partial charge in [-0.2, -0.15) is 0 Å². The number of anilines is 3. The van der Waals surface area contributed by atoms with Gasteiger partial charge in [0.1, 0.15) is 0 Å². The maximum atomic E-state index is 12.3. The van der Waals surface area contributed by atoms with E-state index >= 15 is 0 Å². The highest BCUT2D eigenvalue weighted by Gasteiger charge is 2.14. The number of para-hydroxylation sites is 1. The molecule has 5 heteroatoms. The van der Waals surface area contributed by atoms with Crippen LogP contribution in [0.15, 0.2) is 48.5 Å². The molecule has 0 bridgehead atoms. The molecule has 1 fully saturated rings. The Kier molecular flexibility index (Phi) is 6.35. The number of nitrogens with zero attached hydrogens (tertiary/aromatic N) is 2. The summed E-state index contributed by atoms with van der Waals surface area (Å²) in [5.41, 5.74) is 4.29. The van der Waals surface area contributed by atoms with Gasteiger partial charge in [-0.1, -0.05) is 32.0 Å². The molecule has 0 saturated carbocycles. The Morgan fingerprint density at radius 1 is 1.00 bits per heavy atom. The second-order valence-corrected chi connectivity index (χ2v) is 7.48. The Morgan fingerprint density at radius 3 is 2.33 bits per heavy atom. The molecular weight excluding hydrogens is 336 g/mol. The number of rotatable bonds is 6. The number of hydrogen-bond donors (Lipinski definition) is 2. The standard InChI is InChI=1S/C22H30N4O/c1-17(2)20-6-4-5-7-21(20)23-16-22(27)24-18-8-10-19(11-9-18)26-14-12-25(3)13-15-26/h4-11,17,23H,12-16H2,1-3H3,(H,24,27). The lowest BCUT2D eigenvalue weighted by Crippen LogP contribution is -2.44. The summed E-state index contributed by atoms with van der Waals surface area (Å²) in [6, 6.07) is 16.3. The van der Waals surface area contributed by atoms with Gasteiger partial charge < -0.3 is 20.4 Å². The van der Waals surface area contributed by atoms with Crippen LogP contribution in [0, 0.1) is 0 Å². The lowest BCUT2D eigenvalue weighted by atomic mass is 10.0. The third kappa shape index (κ3) is 5.23. The van der Waals surface area contributed by atoms with Gasteiger partial charge in [-0.05, 0) is 48.9 Å². The summed E-state index contributed by atoms with van der Waals surface area (Å²) >= 11 is 0. The van der Waals surface area contributed by atoms with E-state index in [2.05, 4.69) is 59.5 Å². The first-order valence-electron chi connectivity index (χ1n) is 9.69. The van der Waals surface area contributed by atoms with E-state index in [0.29, 0.717) is 5.92 Å². The van der Waals surface area contributed by atoms with Gasteiger partial charge in [-0.25, -0.2) is 0 Å². The van der Waals surface area contributed by atoms with E-state index in [4.69, 9.17) is 0 Å². The Hall–Kier alpha value is -2.53. The highest BCUT2D eigenvalue weighted by Crippen LogP contribution is 2.23. The minimum absolute atomic E-state index is 0.0408. The van der Waals surface area contributed by atoms with Crippen molar-refractivity contribution in [2.75, 3.05) is 55.3 Å². The van der Waals surface area contributed by atoms with Crippen LogP contribution in [0.4, 0.5) is 17.1 Å². The quantitative estimate of drug-likeness (QED) is 0.820. The van der Waals surface area contributed by atoms with Crippen molar-refractivity contribution in [3.8, 4) is 0 Å². The molecule has 0 spiro atoms. The lowest BCUT2D eigenvalue weighted by molar-refractivity contribution is -0.114. The van der Waals surface area contributed by atoms with Crippen LogP contribution in [0.1, 0.15) is 25.3 Å². The molecule has 5 nitrogen and oxygen atoms in total. The third-order valence-electron chi connectivity index (χ3n) is 5.04. The van der Waals surface area contributed by atoms with Crippen molar-refractivity contribution >= 4 is 23.0 Å². The maximum Gasteiger partial charge on any atom is 0.243 e. The van der Waals surface area contributed by atoms with E-state index in [-0.39, 0.29) is 12.5 Å². The van der Waals surface area contributed by atoms with Crippen molar-refractivity contribution in [3.63, 3.8) is 0 Å².